The predicted octanol–water partition coefficient (Wildman–Crippen LogP) is 2.03. The lowest BCUT2D eigenvalue weighted by Crippen LogP contribution is -2.40. The number of nitrogens with zero attached hydrogens (tertiary/aromatic N) is 3. The number of hydrogen-bond donors (Lipinski definition) is 2. The molecule has 0 atom stereocenters. The molecule has 0 aromatic carbocycles. The number of imidazole rings is 1. The van der Waals surface area contributed by atoms with Crippen LogP contribution in [0.25, 0.3) is 0 Å². The molecule has 3 aromatic heterocycles. The van der Waals surface area contributed by atoms with E-state index in [-0.39, 0.29) is 0 Å². The highest BCUT2D eigenvalue weighted by Crippen LogP contribution is 2.28. The number of H-pyrrole nitrogens is 1. The predicted molar refractivity (Wildman–Crippen MR) is 80.4 cm³/mol. The average molecular weight is 279 g/mol. The lowest BCUT2D eigenvalue weighted by Gasteiger charge is -2.28. The first-order chi connectivity index (χ1) is 10.3. The molecular formula is C16H17N5. The summed E-state index contributed by atoms with van der Waals surface area (Å²) in [5.74, 6) is 0.914. The second-order valence-electron chi connectivity index (χ2n) is 4.94. The van der Waals surface area contributed by atoms with Gasteiger partial charge in [-0.1, -0.05) is 12.1 Å². The summed E-state index contributed by atoms with van der Waals surface area (Å²) in [6, 6.07) is 11.5. The first kappa shape index (κ1) is 13.5. The van der Waals surface area contributed by atoms with E-state index >= 15 is 0 Å². The van der Waals surface area contributed by atoms with Crippen molar-refractivity contribution in [3.8, 4) is 0 Å². The van der Waals surface area contributed by atoms with E-state index in [4.69, 9.17) is 5.73 Å². The van der Waals surface area contributed by atoms with Crippen molar-refractivity contribution in [3.63, 3.8) is 0 Å². The highest BCUT2D eigenvalue weighted by molar-refractivity contribution is 5.29. The van der Waals surface area contributed by atoms with Gasteiger partial charge in [0.25, 0.3) is 0 Å². The topological polar surface area (TPSA) is 80.5 Å². The van der Waals surface area contributed by atoms with Crippen molar-refractivity contribution in [3.05, 3.63) is 78.4 Å². The molecule has 0 aliphatic heterocycles. The summed E-state index contributed by atoms with van der Waals surface area (Å²) in [7, 11) is 0. The zero-order valence-corrected chi connectivity index (χ0v) is 11.6. The molecule has 0 unspecified atom stereocenters. The van der Waals surface area contributed by atoms with Gasteiger partial charge in [-0.3, -0.25) is 9.97 Å². The molecule has 5 nitrogen and oxygen atoms in total. The van der Waals surface area contributed by atoms with Gasteiger partial charge < -0.3 is 10.7 Å². The first-order valence-corrected chi connectivity index (χ1v) is 6.89. The van der Waals surface area contributed by atoms with Crippen molar-refractivity contribution in [1.82, 2.24) is 19.9 Å². The van der Waals surface area contributed by atoms with Crippen LogP contribution in [0.15, 0.2) is 61.2 Å². The van der Waals surface area contributed by atoms with Crippen LogP contribution in [0.1, 0.15) is 23.6 Å². The molecule has 0 spiro atoms. The molecule has 0 amide bonds. The van der Waals surface area contributed by atoms with E-state index in [9.17, 15) is 0 Å². The summed E-state index contributed by atoms with van der Waals surface area (Å²) in [5.41, 5.74) is 7.59. The molecule has 0 fully saturated rings. The molecule has 0 saturated heterocycles. The third kappa shape index (κ3) is 2.83. The summed E-state index contributed by atoms with van der Waals surface area (Å²) in [6.07, 6.45) is 8.48. The fraction of sp³-hybridized carbons (Fsp3) is 0.188. The van der Waals surface area contributed by atoms with Crippen LogP contribution in [-0.2, 0) is 12.0 Å². The Bertz CT molecular complexity index is 625. The van der Waals surface area contributed by atoms with Gasteiger partial charge in [0.05, 0.1) is 11.4 Å². The van der Waals surface area contributed by atoms with Gasteiger partial charge in [-0.05, 0) is 30.7 Å². The zero-order chi connectivity index (χ0) is 14.5. The monoisotopic (exact) mass is 279 g/mol. The first-order valence-electron chi connectivity index (χ1n) is 6.89. The number of hydrogen-bond acceptors (Lipinski definition) is 4. The van der Waals surface area contributed by atoms with Gasteiger partial charge in [-0.15, -0.1) is 0 Å². The van der Waals surface area contributed by atoms with E-state index < -0.39 is 5.54 Å². The van der Waals surface area contributed by atoms with Crippen molar-refractivity contribution < 1.29 is 0 Å². The Hall–Kier alpha value is -2.53. The van der Waals surface area contributed by atoms with Gasteiger partial charge in [-0.2, -0.15) is 0 Å². The van der Waals surface area contributed by atoms with Crippen molar-refractivity contribution in [2.24, 2.45) is 5.73 Å². The molecule has 0 saturated carbocycles. The standard InChI is InChI=1S/C16H17N5/c17-16(13-5-1-3-9-18-13,14-6-2-4-10-19-14)8-7-15-20-11-12-21-15/h1-6,9-12H,7-8,17H2,(H,20,21). The number of rotatable bonds is 5. The minimum absolute atomic E-state index is 0.675. The number of aromatic amines is 1. The van der Waals surface area contributed by atoms with Crippen molar-refractivity contribution in [1.29, 1.82) is 0 Å². The van der Waals surface area contributed by atoms with Crippen LogP contribution >= 0.6 is 0 Å². The number of aromatic nitrogens is 4. The van der Waals surface area contributed by atoms with Gasteiger partial charge in [-0.25, -0.2) is 4.98 Å². The molecular weight excluding hydrogens is 262 g/mol. The second kappa shape index (κ2) is 5.85. The van der Waals surface area contributed by atoms with Crippen LogP contribution in [0.5, 0.6) is 0 Å². The Morgan fingerprint density at radius 2 is 1.57 bits per heavy atom. The lowest BCUT2D eigenvalue weighted by molar-refractivity contribution is 0.460. The number of aryl methyl sites for hydroxylation is 1. The molecule has 0 aliphatic carbocycles. The molecule has 3 aromatic rings. The summed E-state index contributed by atoms with van der Waals surface area (Å²) in [5, 5.41) is 0. The third-order valence-corrected chi connectivity index (χ3v) is 3.55. The van der Waals surface area contributed by atoms with Gasteiger partial charge in [0.1, 0.15) is 11.4 Å². The number of pyridine rings is 2. The molecule has 3 N–H and O–H groups in total. The number of nitrogens with one attached hydrogen (secondary N) is 1. The van der Waals surface area contributed by atoms with Crippen LogP contribution in [0.4, 0.5) is 0 Å². The SMILES string of the molecule is NC(CCc1ncc[nH]1)(c1ccccn1)c1ccccn1. The average Bonchev–Trinajstić information content (AvgIpc) is 3.08. The fourth-order valence-electron chi connectivity index (χ4n) is 2.39. The van der Waals surface area contributed by atoms with Crippen molar-refractivity contribution in [2.75, 3.05) is 0 Å². The van der Waals surface area contributed by atoms with E-state index in [2.05, 4.69) is 19.9 Å². The largest absolute Gasteiger partial charge is 0.349 e. The third-order valence-electron chi connectivity index (χ3n) is 3.55. The molecule has 3 heterocycles. The van der Waals surface area contributed by atoms with Crippen molar-refractivity contribution >= 4 is 0 Å². The van der Waals surface area contributed by atoms with Crippen LogP contribution in [-0.4, -0.2) is 19.9 Å². The normalized spacial score (nSPS) is 11.5. The molecule has 21 heavy (non-hydrogen) atoms. The Morgan fingerprint density at radius 1 is 0.905 bits per heavy atom. The van der Waals surface area contributed by atoms with E-state index in [1.54, 1.807) is 18.6 Å². The van der Waals surface area contributed by atoms with Crippen molar-refractivity contribution in [2.45, 2.75) is 18.4 Å². The Balaban J connectivity index is 1.95. The van der Waals surface area contributed by atoms with Gasteiger partial charge in [0, 0.05) is 31.2 Å². The summed E-state index contributed by atoms with van der Waals surface area (Å²) in [6.45, 7) is 0. The molecule has 3 rings (SSSR count). The van der Waals surface area contributed by atoms with E-state index in [1.165, 1.54) is 0 Å². The van der Waals surface area contributed by atoms with E-state index in [1.807, 2.05) is 42.6 Å². The number of nitrogens with two attached hydrogens (primary N) is 1. The van der Waals surface area contributed by atoms with Crippen LogP contribution < -0.4 is 5.73 Å². The van der Waals surface area contributed by atoms with Gasteiger partial charge >= 0.3 is 0 Å². The molecule has 5 heteroatoms. The Labute approximate surface area is 123 Å². The minimum atomic E-state index is -0.727. The molecule has 0 radical (unpaired) electrons. The highest BCUT2D eigenvalue weighted by atomic mass is 14.9. The molecule has 0 aliphatic rings. The maximum Gasteiger partial charge on any atom is 0.106 e. The molecule has 106 valence electrons. The fourth-order valence-corrected chi connectivity index (χ4v) is 2.39. The Morgan fingerprint density at radius 3 is 2.05 bits per heavy atom. The second-order valence-corrected chi connectivity index (χ2v) is 4.94. The van der Waals surface area contributed by atoms with Gasteiger partial charge in [0.15, 0.2) is 0 Å². The maximum atomic E-state index is 6.69. The van der Waals surface area contributed by atoms with Crippen LogP contribution in [0.3, 0.4) is 0 Å². The summed E-state index contributed by atoms with van der Waals surface area (Å²) < 4.78 is 0. The van der Waals surface area contributed by atoms with Gasteiger partial charge in [0.2, 0.25) is 0 Å². The van der Waals surface area contributed by atoms with Crippen LogP contribution in [0.2, 0.25) is 0 Å². The van der Waals surface area contributed by atoms with E-state index in [0.29, 0.717) is 6.42 Å². The minimum Gasteiger partial charge on any atom is -0.349 e. The smallest absolute Gasteiger partial charge is 0.106 e. The lowest BCUT2D eigenvalue weighted by atomic mass is 9.86. The zero-order valence-electron chi connectivity index (χ0n) is 11.6. The maximum absolute atomic E-state index is 6.69. The van der Waals surface area contributed by atoms with Crippen LogP contribution in [0, 0.1) is 0 Å². The highest BCUT2D eigenvalue weighted by Gasteiger charge is 2.32. The quantitative estimate of drug-likeness (QED) is 0.749. The Kier molecular flexibility index (Phi) is 3.75. The van der Waals surface area contributed by atoms with E-state index in [0.717, 1.165) is 23.6 Å². The summed E-state index contributed by atoms with van der Waals surface area (Å²) >= 11 is 0. The molecule has 0 bridgehead atoms. The summed E-state index contributed by atoms with van der Waals surface area (Å²) in [4.78, 5) is 16.2.